The topological polar surface area (TPSA) is 101 Å². The van der Waals surface area contributed by atoms with Crippen LogP contribution in [0.4, 0.5) is 5.69 Å². The molecule has 7 nitrogen and oxygen atoms in total. The number of aryl methyl sites for hydroxylation is 1. The average molecular weight is 392 g/mol. The second-order valence-electron chi connectivity index (χ2n) is 5.50. The number of rotatable bonds is 5. The van der Waals surface area contributed by atoms with Crippen molar-refractivity contribution in [2.24, 2.45) is 0 Å². The molecule has 0 fully saturated rings. The molecule has 1 heterocycles. The van der Waals surface area contributed by atoms with Gasteiger partial charge in [0.1, 0.15) is 0 Å². The lowest BCUT2D eigenvalue weighted by Crippen LogP contribution is -2.16. The molecule has 0 atom stereocenters. The number of hydrogen-bond acceptors (Lipinski definition) is 4. The molecule has 0 amide bonds. The molecule has 3 rings (SSSR count). The van der Waals surface area contributed by atoms with Gasteiger partial charge in [0.25, 0.3) is 10.0 Å². The monoisotopic (exact) mass is 391 g/mol. The van der Waals surface area contributed by atoms with E-state index in [1.807, 2.05) is 0 Å². The van der Waals surface area contributed by atoms with Crippen LogP contribution in [-0.2, 0) is 10.0 Å². The second-order valence-corrected chi connectivity index (χ2v) is 7.59. The first-order chi connectivity index (χ1) is 12.3. The smallest absolute Gasteiger partial charge is 0.335 e. The lowest BCUT2D eigenvalue weighted by Gasteiger charge is -2.15. The molecule has 2 N–H and O–H groups in total. The maximum absolute atomic E-state index is 12.9. The summed E-state index contributed by atoms with van der Waals surface area (Å²) in [4.78, 5) is 11.0. The lowest BCUT2D eigenvalue weighted by molar-refractivity contribution is 0.0696. The van der Waals surface area contributed by atoms with Crippen molar-refractivity contribution in [3.8, 4) is 5.69 Å². The Morgan fingerprint density at radius 2 is 2.00 bits per heavy atom. The van der Waals surface area contributed by atoms with Crippen molar-refractivity contribution in [3.63, 3.8) is 0 Å². The largest absolute Gasteiger partial charge is 0.478 e. The van der Waals surface area contributed by atoms with Gasteiger partial charge in [-0.25, -0.2) is 17.9 Å². The molecular formula is C17H14ClN3O4S. The van der Waals surface area contributed by atoms with Gasteiger partial charge in [0.05, 0.1) is 21.8 Å². The summed E-state index contributed by atoms with van der Waals surface area (Å²) in [6.07, 6.45) is 3.23. The summed E-state index contributed by atoms with van der Waals surface area (Å²) in [7, 11) is -4.04. The van der Waals surface area contributed by atoms with Crippen LogP contribution >= 0.6 is 11.6 Å². The minimum Gasteiger partial charge on any atom is -0.478 e. The summed E-state index contributed by atoms with van der Waals surface area (Å²) in [5.74, 6) is -1.21. The molecule has 3 aromatic rings. The third kappa shape index (κ3) is 3.56. The number of aromatic nitrogens is 2. The SMILES string of the molecule is Cc1ccc(C(=O)O)cc1S(=O)(=O)Nc1cc(Cl)ccc1-n1cccn1. The van der Waals surface area contributed by atoms with Crippen LogP contribution in [0.3, 0.4) is 0 Å². The Labute approximate surface area is 154 Å². The van der Waals surface area contributed by atoms with Crippen LogP contribution in [0.2, 0.25) is 5.02 Å². The van der Waals surface area contributed by atoms with Crippen LogP contribution in [0.15, 0.2) is 59.8 Å². The molecule has 0 aliphatic heterocycles. The molecule has 2 aromatic carbocycles. The third-order valence-corrected chi connectivity index (χ3v) is 5.42. The number of nitrogens with zero attached hydrogens (tertiary/aromatic N) is 2. The van der Waals surface area contributed by atoms with Gasteiger partial charge in [0, 0.05) is 17.4 Å². The normalized spacial score (nSPS) is 11.3. The number of nitrogens with one attached hydrogen (secondary N) is 1. The van der Waals surface area contributed by atoms with Crippen molar-refractivity contribution in [1.82, 2.24) is 9.78 Å². The van der Waals surface area contributed by atoms with E-state index in [2.05, 4.69) is 9.82 Å². The van der Waals surface area contributed by atoms with E-state index in [9.17, 15) is 13.2 Å². The van der Waals surface area contributed by atoms with E-state index in [4.69, 9.17) is 16.7 Å². The van der Waals surface area contributed by atoms with Crippen molar-refractivity contribution in [2.75, 3.05) is 4.72 Å². The van der Waals surface area contributed by atoms with E-state index < -0.39 is 16.0 Å². The van der Waals surface area contributed by atoms with E-state index in [1.165, 1.54) is 22.9 Å². The summed E-state index contributed by atoms with van der Waals surface area (Å²) in [5, 5.41) is 13.6. The van der Waals surface area contributed by atoms with Gasteiger partial charge < -0.3 is 5.11 Å². The van der Waals surface area contributed by atoms with E-state index >= 15 is 0 Å². The van der Waals surface area contributed by atoms with Crippen molar-refractivity contribution in [2.45, 2.75) is 11.8 Å². The number of anilines is 1. The van der Waals surface area contributed by atoms with Crippen molar-refractivity contribution >= 4 is 33.3 Å². The van der Waals surface area contributed by atoms with Crippen molar-refractivity contribution < 1.29 is 18.3 Å². The number of carbonyl (C=O) groups is 1. The van der Waals surface area contributed by atoms with Crippen molar-refractivity contribution in [3.05, 3.63) is 71.0 Å². The number of carboxylic acids is 1. The molecule has 26 heavy (non-hydrogen) atoms. The zero-order valence-electron chi connectivity index (χ0n) is 13.5. The van der Waals surface area contributed by atoms with Crippen LogP contribution in [0.1, 0.15) is 15.9 Å². The minimum atomic E-state index is -4.04. The van der Waals surface area contributed by atoms with E-state index in [0.717, 1.165) is 6.07 Å². The number of aromatic carboxylic acids is 1. The molecule has 0 unspecified atom stereocenters. The number of benzene rings is 2. The van der Waals surface area contributed by atoms with Gasteiger partial charge in [0.2, 0.25) is 0 Å². The Kier molecular flexibility index (Phi) is 4.71. The Bertz CT molecular complexity index is 1080. The highest BCUT2D eigenvalue weighted by Gasteiger charge is 2.21. The summed E-state index contributed by atoms with van der Waals surface area (Å²) >= 11 is 6.01. The van der Waals surface area contributed by atoms with Gasteiger partial charge in [-0.2, -0.15) is 5.10 Å². The molecule has 134 valence electrons. The summed E-state index contributed by atoms with van der Waals surface area (Å²) < 4.78 is 29.7. The quantitative estimate of drug-likeness (QED) is 0.694. The van der Waals surface area contributed by atoms with Crippen LogP contribution in [0.25, 0.3) is 5.69 Å². The Morgan fingerprint density at radius 3 is 2.65 bits per heavy atom. The number of halogens is 1. The zero-order valence-corrected chi connectivity index (χ0v) is 15.1. The summed E-state index contributed by atoms with van der Waals surface area (Å²) in [5.41, 5.74) is 1.01. The van der Waals surface area contributed by atoms with Crippen LogP contribution in [-0.4, -0.2) is 29.3 Å². The van der Waals surface area contributed by atoms with Crippen LogP contribution in [0, 0.1) is 6.92 Å². The lowest BCUT2D eigenvalue weighted by atomic mass is 10.1. The van der Waals surface area contributed by atoms with Crippen LogP contribution in [0.5, 0.6) is 0 Å². The molecule has 0 aliphatic carbocycles. The predicted molar refractivity (Wildman–Crippen MR) is 97.5 cm³/mol. The highest BCUT2D eigenvalue weighted by atomic mass is 35.5. The van der Waals surface area contributed by atoms with Gasteiger partial charge in [-0.1, -0.05) is 17.7 Å². The maximum Gasteiger partial charge on any atom is 0.335 e. The fraction of sp³-hybridized carbons (Fsp3) is 0.0588. The Morgan fingerprint density at radius 1 is 1.23 bits per heavy atom. The van der Waals surface area contributed by atoms with E-state index in [1.54, 1.807) is 37.5 Å². The van der Waals surface area contributed by atoms with Gasteiger partial charge in [0.15, 0.2) is 0 Å². The van der Waals surface area contributed by atoms with Gasteiger partial charge in [-0.15, -0.1) is 0 Å². The third-order valence-electron chi connectivity index (χ3n) is 3.68. The predicted octanol–water partition coefficient (Wildman–Crippen LogP) is 3.33. The van der Waals surface area contributed by atoms with Crippen molar-refractivity contribution in [1.29, 1.82) is 0 Å². The standard InChI is InChI=1S/C17H14ClN3O4S/c1-11-3-4-12(17(22)23)9-16(11)26(24,25)20-14-10-13(18)5-6-15(14)21-8-2-7-19-21/h2-10,20H,1H3,(H,22,23). The highest BCUT2D eigenvalue weighted by Crippen LogP contribution is 2.28. The number of hydrogen-bond donors (Lipinski definition) is 2. The fourth-order valence-electron chi connectivity index (χ4n) is 2.42. The van der Waals surface area contributed by atoms with Gasteiger partial charge in [-0.05, 0) is 48.9 Å². The maximum atomic E-state index is 12.9. The molecule has 0 saturated carbocycles. The summed E-state index contributed by atoms with van der Waals surface area (Å²) in [6, 6.07) is 10.3. The van der Waals surface area contributed by atoms with Gasteiger partial charge >= 0.3 is 5.97 Å². The van der Waals surface area contributed by atoms with Crippen LogP contribution < -0.4 is 4.72 Å². The van der Waals surface area contributed by atoms with E-state index in [0.29, 0.717) is 16.3 Å². The molecule has 0 bridgehead atoms. The van der Waals surface area contributed by atoms with Gasteiger partial charge in [-0.3, -0.25) is 4.72 Å². The Balaban J connectivity index is 2.08. The fourth-order valence-corrected chi connectivity index (χ4v) is 3.93. The molecule has 0 radical (unpaired) electrons. The molecule has 1 aromatic heterocycles. The first kappa shape index (κ1) is 18.0. The first-order valence-electron chi connectivity index (χ1n) is 7.44. The molecule has 0 saturated heterocycles. The molecule has 0 aliphatic rings. The Hall–Kier alpha value is -2.84. The minimum absolute atomic E-state index is 0.116. The average Bonchev–Trinajstić information content (AvgIpc) is 3.08. The number of carboxylic acid groups (broad SMARTS) is 1. The first-order valence-corrected chi connectivity index (χ1v) is 9.30. The molecule has 9 heteroatoms. The zero-order chi connectivity index (χ0) is 18.9. The summed E-state index contributed by atoms with van der Waals surface area (Å²) in [6.45, 7) is 1.59. The van der Waals surface area contributed by atoms with E-state index in [-0.39, 0.29) is 16.1 Å². The number of sulfonamides is 1. The molecule has 0 spiro atoms. The second kappa shape index (κ2) is 6.81. The molecular weight excluding hydrogens is 378 g/mol. The highest BCUT2D eigenvalue weighted by molar-refractivity contribution is 7.92.